The van der Waals surface area contributed by atoms with Crippen molar-refractivity contribution < 1.29 is 4.39 Å². The average Bonchev–Trinajstić information content (AvgIpc) is 3.02. The number of halogens is 1. The third kappa shape index (κ3) is 2.09. The minimum Gasteiger partial charge on any atom is -0.338 e. The van der Waals surface area contributed by atoms with Crippen LogP contribution in [0.5, 0.6) is 0 Å². The maximum atomic E-state index is 13.8. The van der Waals surface area contributed by atoms with Gasteiger partial charge in [-0.05, 0) is 19.1 Å². The minimum absolute atomic E-state index is 0.124. The smallest absolute Gasteiger partial charge is 0.291 e. The molecule has 0 saturated carbocycles. The van der Waals surface area contributed by atoms with Crippen LogP contribution in [0, 0.1) is 12.7 Å². The van der Waals surface area contributed by atoms with Gasteiger partial charge in [-0.25, -0.2) is 9.07 Å². The summed E-state index contributed by atoms with van der Waals surface area (Å²) in [5, 5.41) is 5.10. The first-order valence-electron chi connectivity index (χ1n) is 7.24. The van der Waals surface area contributed by atoms with Crippen molar-refractivity contribution in [1.29, 1.82) is 0 Å². The van der Waals surface area contributed by atoms with E-state index in [0.29, 0.717) is 11.1 Å². The Morgan fingerprint density at radius 1 is 1.30 bits per heavy atom. The second-order valence-electron chi connectivity index (χ2n) is 5.59. The number of aryl methyl sites for hydroxylation is 2. The molecule has 4 nitrogen and oxygen atoms in total. The maximum Gasteiger partial charge on any atom is 0.291 e. The van der Waals surface area contributed by atoms with E-state index in [9.17, 15) is 9.18 Å². The van der Waals surface area contributed by atoms with Crippen molar-refractivity contribution in [3.05, 3.63) is 63.1 Å². The van der Waals surface area contributed by atoms with Crippen molar-refractivity contribution in [2.45, 2.75) is 13.5 Å². The molecule has 0 unspecified atom stereocenters. The van der Waals surface area contributed by atoms with Crippen molar-refractivity contribution in [3.63, 3.8) is 0 Å². The van der Waals surface area contributed by atoms with Gasteiger partial charge in [-0.1, -0.05) is 18.2 Å². The highest BCUT2D eigenvalue weighted by atomic mass is 32.1. The number of thiophene rings is 1. The summed E-state index contributed by atoms with van der Waals surface area (Å²) in [6, 6.07) is 8.51. The van der Waals surface area contributed by atoms with Crippen molar-refractivity contribution >= 4 is 32.5 Å². The third-order valence-electron chi connectivity index (χ3n) is 4.07. The first-order chi connectivity index (χ1) is 11.1. The summed E-state index contributed by atoms with van der Waals surface area (Å²) in [7, 11) is 1.88. The molecule has 116 valence electrons. The lowest BCUT2D eigenvalue weighted by Gasteiger charge is -2.06. The van der Waals surface area contributed by atoms with Crippen LogP contribution in [0.4, 0.5) is 4.39 Å². The van der Waals surface area contributed by atoms with Gasteiger partial charge in [-0.3, -0.25) is 4.79 Å². The van der Waals surface area contributed by atoms with E-state index in [2.05, 4.69) is 11.2 Å². The van der Waals surface area contributed by atoms with Gasteiger partial charge >= 0.3 is 0 Å². The van der Waals surface area contributed by atoms with E-state index in [1.165, 1.54) is 15.6 Å². The summed E-state index contributed by atoms with van der Waals surface area (Å²) in [6.45, 7) is 2.17. The Morgan fingerprint density at radius 3 is 2.87 bits per heavy atom. The standard InChI is InChI=1S/C17H14FN3OS/c1-10-7-14-16(23-10)12-8-19-21(17(22)15(12)20(14)2)9-11-5-3-4-6-13(11)18/h3-8H,9H2,1-2H3. The molecule has 0 fully saturated rings. The molecule has 0 N–H and O–H groups in total. The highest BCUT2D eigenvalue weighted by molar-refractivity contribution is 7.20. The fraction of sp³-hybridized carbons (Fsp3) is 0.176. The highest BCUT2D eigenvalue weighted by Crippen LogP contribution is 2.32. The van der Waals surface area contributed by atoms with Gasteiger partial charge in [0, 0.05) is 22.9 Å². The van der Waals surface area contributed by atoms with Gasteiger partial charge in [0.25, 0.3) is 5.56 Å². The minimum atomic E-state index is -0.329. The van der Waals surface area contributed by atoms with Gasteiger partial charge in [0.1, 0.15) is 11.3 Å². The Bertz CT molecular complexity index is 1110. The topological polar surface area (TPSA) is 39.8 Å². The van der Waals surface area contributed by atoms with Crippen molar-refractivity contribution in [2.24, 2.45) is 7.05 Å². The van der Waals surface area contributed by atoms with E-state index in [0.717, 1.165) is 15.6 Å². The Kier molecular flexibility index (Phi) is 3.09. The second-order valence-corrected chi connectivity index (χ2v) is 6.85. The van der Waals surface area contributed by atoms with Crippen LogP contribution in [0.1, 0.15) is 10.4 Å². The van der Waals surface area contributed by atoms with Crippen LogP contribution in [0.3, 0.4) is 0 Å². The molecule has 0 amide bonds. The van der Waals surface area contributed by atoms with Crippen LogP contribution in [0.2, 0.25) is 0 Å². The predicted octanol–water partition coefficient (Wildman–Crippen LogP) is 3.45. The number of rotatable bonds is 2. The van der Waals surface area contributed by atoms with Gasteiger partial charge in [0.05, 0.1) is 23.0 Å². The molecular weight excluding hydrogens is 313 g/mol. The zero-order valence-corrected chi connectivity index (χ0v) is 13.5. The molecule has 3 heterocycles. The molecule has 0 aliphatic carbocycles. The van der Waals surface area contributed by atoms with Crippen LogP contribution in [-0.2, 0) is 13.6 Å². The van der Waals surface area contributed by atoms with Gasteiger partial charge < -0.3 is 4.57 Å². The normalized spacial score (nSPS) is 11.6. The third-order valence-corrected chi connectivity index (χ3v) is 5.15. The first-order valence-corrected chi connectivity index (χ1v) is 8.06. The van der Waals surface area contributed by atoms with E-state index < -0.39 is 0 Å². The van der Waals surface area contributed by atoms with Gasteiger partial charge in [0.2, 0.25) is 0 Å². The molecule has 0 radical (unpaired) electrons. The highest BCUT2D eigenvalue weighted by Gasteiger charge is 2.16. The van der Waals surface area contributed by atoms with E-state index in [4.69, 9.17) is 0 Å². The molecule has 3 aromatic heterocycles. The molecule has 1 aromatic carbocycles. The molecule has 0 spiro atoms. The van der Waals surface area contributed by atoms with Crippen LogP contribution in [0.15, 0.2) is 41.3 Å². The summed E-state index contributed by atoms with van der Waals surface area (Å²) in [6.07, 6.45) is 1.70. The molecular formula is C17H14FN3OS. The fourth-order valence-corrected chi connectivity index (χ4v) is 3.99. The Balaban J connectivity index is 1.93. The van der Waals surface area contributed by atoms with Crippen molar-refractivity contribution in [3.8, 4) is 0 Å². The number of fused-ring (bicyclic) bond motifs is 3. The van der Waals surface area contributed by atoms with E-state index in [1.54, 1.807) is 35.7 Å². The van der Waals surface area contributed by atoms with Gasteiger partial charge in [0.15, 0.2) is 0 Å². The molecule has 4 aromatic rings. The summed E-state index contributed by atoms with van der Waals surface area (Å²) in [5.74, 6) is -0.329. The Hall–Kier alpha value is -2.47. The summed E-state index contributed by atoms with van der Waals surface area (Å²) < 4.78 is 18.1. The Labute approximate surface area is 135 Å². The zero-order valence-electron chi connectivity index (χ0n) is 12.7. The van der Waals surface area contributed by atoms with Crippen LogP contribution in [0.25, 0.3) is 21.1 Å². The summed E-state index contributed by atoms with van der Waals surface area (Å²) in [4.78, 5) is 14.0. The molecule has 0 aliphatic heterocycles. The molecule has 6 heteroatoms. The lowest BCUT2D eigenvalue weighted by atomic mass is 10.2. The molecule has 4 rings (SSSR count). The maximum absolute atomic E-state index is 13.8. The SMILES string of the molecule is Cc1cc2c(s1)c1cnn(Cc3ccccc3F)c(=O)c1n2C. The van der Waals surface area contributed by atoms with Crippen molar-refractivity contribution in [2.75, 3.05) is 0 Å². The van der Waals surface area contributed by atoms with Crippen LogP contribution >= 0.6 is 11.3 Å². The van der Waals surface area contributed by atoms with E-state index in [1.807, 2.05) is 18.5 Å². The molecule has 0 aliphatic rings. The lowest BCUT2D eigenvalue weighted by molar-refractivity contribution is 0.574. The van der Waals surface area contributed by atoms with Crippen LogP contribution in [-0.4, -0.2) is 14.3 Å². The predicted molar refractivity (Wildman–Crippen MR) is 90.6 cm³/mol. The number of hydrogen-bond acceptors (Lipinski definition) is 3. The summed E-state index contributed by atoms with van der Waals surface area (Å²) in [5.41, 5.74) is 1.89. The molecule has 23 heavy (non-hydrogen) atoms. The average molecular weight is 327 g/mol. The lowest BCUT2D eigenvalue weighted by Crippen LogP contribution is -2.24. The zero-order chi connectivity index (χ0) is 16.1. The first kappa shape index (κ1) is 14.1. The van der Waals surface area contributed by atoms with E-state index >= 15 is 0 Å². The monoisotopic (exact) mass is 327 g/mol. The molecule has 0 saturated heterocycles. The van der Waals surface area contributed by atoms with Gasteiger partial charge in [-0.15, -0.1) is 11.3 Å². The largest absolute Gasteiger partial charge is 0.338 e. The molecule has 0 atom stereocenters. The fourth-order valence-electron chi connectivity index (χ4n) is 2.93. The van der Waals surface area contributed by atoms with E-state index in [-0.39, 0.29) is 17.9 Å². The van der Waals surface area contributed by atoms with Crippen molar-refractivity contribution in [1.82, 2.24) is 14.3 Å². The number of benzene rings is 1. The quantitative estimate of drug-likeness (QED) is 0.566. The Morgan fingerprint density at radius 2 is 2.09 bits per heavy atom. The number of hydrogen-bond donors (Lipinski definition) is 0. The second kappa shape index (κ2) is 5.03. The number of aromatic nitrogens is 3. The van der Waals surface area contributed by atoms with Gasteiger partial charge in [-0.2, -0.15) is 5.10 Å². The molecule has 0 bridgehead atoms. The summed E-state index contributed by atoms with van der Waals surface area (Å²) >= 11 is 1.65. The van der Waals surface area contributed by atoms with Crippen LogP contribution < -0.4 is 5.56 Å². The number of nitrogens with zero attached hydrogens (tertiary/aromatic N) is 3.